The van der Waals surface area contributed by atoms with E-state index in [1.165, 1.54) is 17.4 Å². The van der Waals surface area contributed by atoms with Gasteiger partial charge in [0.1, 0.15) is 0 Å². The molecular formula is C16H19N3O3S. The van der Waals surface area contributed by atoms with Crippen LogP contribution in [-0.2, 0) is 4.79 Å². The number of carbonyl (C=O) groups excluding carboxylic acids is 1. The van der Waals surface area contributed by atoms with Gasteiger partial charge in [0.15, 0.2) is 5.13 Å². The van der Waals surface area contributed by atoms with Crippen molar-refractivity contribution in [1.29, 1.82) is 0 Å². The maximum absolute atomic E-state index is 11.8. The van der Waals surface area contributed by atoms with Crippen molar-refractivity contribution in [1.82, 2.24) is 4.98 Å². The van der Waals surface area contributed by atoms with E-state index in [4.69, 9.17) is 0 Å². The third kappa shape index (κ3) is 4.59. The van der Waals surface area contributed by atoms with Gasteiger partial charge >= 0.3 is 0 Å². The van der Waals surface area contributed by atoms with E-state index >= 15 is 0 Å². The summed E-state index contributed by atoms with van der Waals surface area (Å²) in [5.41, 5.74) is 1.98. The number of nitrogens with one attached hydrogen (secondary N) is 1. The second-order valence-electron chi connectivity index (χ2n) is 5.30. The van der Waals surface area contributed by atoms with E-state index in [0.29, 0.717) is 28.4 Å². The van der Waals surface area contributed by atoms with Crippen LogP contribution in [0.3, 0.4) is 0 Å². The molecule has 1 amide bonds. The van der Waals surface area contributed by atoms with Crippen LogP contribution in [0.1, 0.15) is 38.2 Å². The van der Waals surface area contributed by atoms with Gasteiger partial charge in [-0.2, -0.15) is 0 Å². The molecule has 2 rings (SSSR count). The predicted octanol–water partition coefficient (Wildman–Crippen LogP) is 4.55. The Morgan fingerprint density at radius 3 is 2.87 bits per heavy atom. The number of thiazole rings is 1. The molecular weight excluding hydrogens is 314 g/mol. The van der Waals surface area contributed by atoms with E-state index in [1.807, 2.05) is 0 Å². The number of hydrogen-bond donors (Lipinski definition) is 1. The number of aromatic nitrogens is 1. The molecule has 2 aromatic rings. The molecule has 0 unspecified atom stereocenters. The van der Waals surface area contributed by atoms with Crippen molar-refractivity contribution in [2.75, 3.05) is 5.32 Å². The van der Waals surface area contributed by atoms with Gasteiger partial charge in [0, 0.05) is 29.0 Å². The fourth-order valence-corrected chi connectivity index (χ4v) is 2.88. The van der Waals surface area contributed by atoms with E-state index in [-0.39, 0.29) is 11.6 Å². The number of anilines is 1. The van der Waals surface area contributed by atoms with E-state index in [2.05, 4.69) is 17.2 Å². The first-order chi connectivity index (χ1) is 11.0. The summed E-state index contributed by atoms with van der Waals surface area (Å²) in [6, 6.07) is 5.01. The van der Waals surface area contributed by atoms with Gasteiger partial charge in [-0.15, -0.1) is 11.3 Å². The van der Waals surface area contributed by atoms with Crippen LogP contribution in [0.15, 0.2) is 23.6 Å². The summed E-state index contributed by atoms with van der Waals surface area (Å²) >= 11 is 1.32. The smallest absolute Gasteiger partial charge is 0.272 e. The minimum Gasteiger partial charge on any atom is -0.302 e. The molecule has 23 heavy (non-hydrogen) atoms. The number of amides is 1. The number of unbranched alkanes of at least 4 members (excludes halogenated alkanes) is 2. The summed E-state index contributed by atoms with van der Waals surface area (Å²) in [7, 11) is 0. The molecule has 122 valence electrons. The predicted molar refractivity (Wildman–Crippen MR) is 91.7 cm³/mol. The van der Waals surface area contributed by atoms with Crippen molar-refractivity contribution in [2.45, 2.75) is 39.5 Å². The zero-order valence-corrected chi connectivity index (χ0v) is 14.0. The Hall–Kier alpha value is -2.28. The second kappa shape index (κ2) is 7.82. The zero-order valence-electron chi connectivity index (χ0n) is 13.2. The van der Waals surface area contributed by atoms with Crippen molar-refractivity contribution in [2.24, 2.45) is 0 Å². The average molecular weight is 333 g/mol. The molecule has 6 nitrogen and oxygen atoms in total. The Labute approximate surface area is 138 Å². The molecule has 0 radical (unpaired) electrons. The van der Waals surface area contributed by atoms with Crippen molar-refractivity contribution in [3.8, 4) is 11.3 Å². The first-order valence-electron chi connectivity index (χ1n) is 7.52. The molecule has 0 saturated carbocycles. The minimum absolute atomic E-state index is 0.0470. The Morgan fingerprint density at radius 1 is 1.39 bits per heavy atom. The van der Waals surface area contributed by atoms with Gasteiger partial charge < -0.3 is 5.32 Å². The Bertz CT molecular complexity index is 712. The quantitative estimate of drug-likeness (QED) is 0.458. The lowest BCUT2D eigenvalue weighted by atomic mass is 10.1. The Kier molecular flexibility index (Phi) is 5.81. The van der Waals surface area contributed by atoms with Gasteiger partial charge in [-0.1, -0.05) is 31.9 Å². The maximum Gasteiger partial charge on any atom is 0.272 e. The molecule has 7 heteroatoms. The van der Waals surface area contributed by atoms with Crippen LogP contribution in [0.2, 0.25) is 0 Å². The lowest BCUT2D eigenvalue weighted by Crippen LogP contribution is -2.10. The second-order valence-corrected chi connectivity index (χ2v) is 6.16. The molecule has 1 N–H and O–H groups in total. The van der Waals surface area contributed by atoms with Crippen molar-refractivity contribution >= 4 is 28.1 Å². The van der Waals surface area contributed by atoms with Crippen molar-refractivity contribution in [3.05, 3.63) is 39.3 Å². The van der Waals surface area contributed by atoms with Gasteiger partial charge in [0.2, 0.25) is 5.91 Å². The topological polar surface area (TPSA) is 85.1 Å². The molecule has 0 aliphatic carbocycles. The summed E-state index contributed by atoms with van der Waals surface area (Å²) < 4.78 is 0. The molecule has 0 bridgehead atoms. The normalized spacial score (nSPS) is 10.5. The lowest BCUT2D eigenvalue weighted by Gasteiger charge is -2.01. The molecule has 0 atom stereocenters. The molecule has 0 spiro atoms. The largest absolute Gasteiger partial charge is 0.302 e. The van der Waals surface area contributed by atoms with Crippen LogP contribution in [0.4, 0.5) is 10.8 Å². The van der Waals surface area contributed by atoms with E-state index in [1.54, 1.807) is 24.4 Å². The number of nitrogens with zero attached hydrogens (tertiary/aromatic N) is 2. The fraction of sp³-hybridized carbons (Fsp3) is 0.375. The van der Waals surface area contributed by atoms with Gasteiger partial charge in [0.05, 0.1) is 10.6 Å². The number of carbonyl (C=O) groups is 1. The number of rotatable bonds is 7. The lowest BCUT2D eigenvalue weighted by molar-refractivity contribution is -0.385. The standard InChI is InChI=1S/C16H19N3O3S/c1-3-4-5-6-15(20)18-16-17-13(10-23-16)12-8-7-11(2)14(9-12)19(21)22/h7-10H,3-6H2,1-2H3,(H,17,18,20). The van der Waals surface area contributed by atoms with Gasteiger partial charge in [-0.25, -0.2) is 4.98 Å². The first kappa shape index (κ1) is 17.1. The zero-order chi connectivity index (χ0) is 16.8. The third-order valence-electron chi connectivity index (χ3n) is 3.46. The monoisotopic (exact) mass is 333 g/mol. The van der Waals surface area contributed by atoms with E-state index in [9.17, 15) is 14.9 Å². The number of benzene rings is 1. The third-order valence-corrected chi connectivity index (χ3v) is 4.22. The van der Waals surface area contributed by atoms with Gasteiger partial charge in [-0.05, 0) is 13.3 Å². The SMILES string of the molecule is CCCCCC(=O)Nc1nc(-c2ccc(C)c([N+](=O)[O-])c2)cs1. The number of nitro benzene ring substituents is 1. The van der Waals surface area contributed by atoms with Crippen LogP contribution in [-0.4, -0.2) is 15.8 Å². The molecule has 0 aliphatic rings. The van der Waals surface area contributed by atoms with E-state index < -0.39 is 4.92 Å². The number of aryl methyl sites for hydroxylation is 1. The highest BCUT2D eigenvalue weighted by Crippen LogP contribution is 2.29. The van der Waals surface area contributed by atoms with Crippen LogP contribution < -0.4 is 5.32 Å². The summed E-state index contributed by atoms with van der Waals surface area (Å²) in [5.74, 6) is -0.0470. The number of nitro groups is 1. The van der Waals surface area contributed by atoms with Crippen LogP contribution in [0, 0.1) is 17.0 Å². The molecule has 1 aromatic heterocycles. The Morgan fingerprint density at radius 2 is 2.17 bits per heavy atom. The molecule has 1 heterocycles. The first-order valence-corrected chi connectivity index (χ1v) is 8.40. The molecule has 0 saturated heterocycles. The molecule has 1 aromatic carbocycles. The van der Waals surface area contributed by atoms with E-state index in [0.717, 1.165) is 19.3 Å². The summed E-state index contributed by atoms with van der Waals surface area (Å²) in [6.45, 7) is 3.79. The number of hydrogen-bond acceptors (Lipinski definition) is 5. The van der Waals surface area contributed by atoms with Crippen LogP contribution in [0.25, 0.3) is 11.3 Å². The summed E-state index contributed by atoms with van der Waals surface area (Å²) in [5, 5.41) is 16.1. The maximum atomic E-state index is 11.8. The average Bonchev–Trinajstić information content (AvgIpc) is 2.96. The fourth-order valence-electron chi connectivity index (χ4n) is 2.15. The van der Waals surface area contributed by atoms with Crippen LogP contribution in [0.5, 0.6) is 0 Å². The highest BCUT2D eigenvalue weighted by atomic mass is 32.1. The molecule has 0 aliphatic heterocycles. The summed E-state index contributed by atoms with van der Waals surface area (Å²) in [6.07, 6.45) is 3.45. The van der Waals surface area contributed by atoms with Crippen molar-refractivity contribution < 1.29 is 9.72 Å². The highest BCUT2D eigenvalue weighted by molar-refractivity contribution is 7.14. The Balaban J connectivity index is 2.09. The summed E-state index contributed by atoms with van der Waals surface area (Å²) in [4.78, 5) is 26.7. The van der Waals surface area contributed by atoms with Crippen LogP contribution >= 0.6 is 11.3 Å². The van der Waals surface area contributed by atoms with Gasteiger partial charge in [0.25, 0.3) is 5.69 Å². The van der Waals surface area contributed by atoms with Gasteiger partial charge in [-0.3, -0.25) is 14.9 Å². The minimum atomic E-state index is -0.401. The van der Waals surface area contributed by atoms with Crippen molar-refractivity contribution in [3.63, 3.8) is 0 Å². The highest BCUT2D eigenvalue weighted by Gasteiger charge is 2.14. The molecule has 0 fully saturated rings.